The van der Waals surface area contributed by atoms with E-state index in [9.17, 15) is 9.18 Å². The van der Waals surface area contributed by atoms with Gasteiger partial charge in [-0.05, 0) is 41.3 Å². The van der Waals surface area contributed by atoms with E-state index in [-0.39, 0.29) is 17.8 Å². The zero-order valence-corrected chi connectivity index (χ0v) is 19.0. The van der Waals surface area contributed by atoms with Gasteiger partial charge in [0.1, 0.15) is 5.82 Å². The molecule has 0 aromatic heterocycles. The number of benzene rings is 3. The van der Waals surface area contributed by atoms with Crippen LogP contribution in [0.25, 0.3) is 0 Å². The summed E-state index contributed by atoms with van der Waals surface area (Å²) < 4.78 is 25.4. The molecule has 172 valence electrons. The Labute approximate surface area is 194 Å². The second-order valence-corrected chi connectivity index (χ2v) is 8.20. The number of rotatable bonds is 8. The van der Waals surface area contributed by atoms with Crippen molar-refractivity contribution in [1.29, 1.82) is 0 Å². The van der Waals surface area contributed by atoms with Crippen molar-refractivity contribution in [2.45, 2.75) is 25.4 Å². The van der Waals surface area contributed by atoms with Crippen LogP contribution in [0.2, 0.25) is 0 Å². The van der Waals surface area contributed by atoms with Gasteiger partial charge in [0.2, 0.25) is 5.91 Å². The van der Waals surface area contributed by atoms with E-state index in [2.05, 4.69) is 10.2 Å². The maximum atomic E-state index is 14.4. The van der Waals surface area contributed by atoms with Crippen molar-refractivity contribution in [3.63, 3.8) is 0 Å². The van der Waals surface area contributed by atoms with Crippen molar-refractivity contribution in [2.75, 3.05) is 27.3 Å². The third kappa shape index (κ3) is 5.34. The first-order chi connectivity index (χ1) is 16.1. The first-order valence-electron chi connectivity index (χ1n) is 11.1. The summed E-state index contributed by atoms with van der Waals surface area (Å²) in [6.45, 7) is 1.62. The first-order valence-corrected chi connectivity index (χ1v) is 11.1. The van der Waals surface area contributed by atoms with Crippen molar-refractivity contribution in [3.05, 3.63) is 94.8 Å². The summed E-state index contributed by atoms with van der Waals surface area (Å²) in [5, 5.41) is 3.09. The summed E-state index contributed by atoms with van der Waals surface area (Å²) in [5.41, 5.74) is 3.82. The quantitative estimate of drug-likeness (QED) is 0.558. The fraction of sp³-hybridized carbons (Fsp3) is 0.296. The van der Waals surface area contributed by atoms with Gasteiger partial charge in [-0.1, -0.05) is 48.5 Å². The summed E-state index contributed by atoms with van der Waals surface area (Å²) in [6, 6.07) is 20.4. The molecular formula is C27H29FN2O3. The lowest BCUT2D eigenvalue weighted by Crippen LogP contribution is -2.42. The van der Waals surface area contributed by atoms with Crippen LogP contribution in [0.3, 0.4) is 0 Å². The molecular weight excluding hydrogens is 419 g/mol. The van der Waals surface area contributed by atoms with Crippen LogP contribution in [-0.4, -0.2) is 38.1 Å². The van der Waals surface area contributed by atoms with E-state index in [1.165, 1.54) is 6.07 Å². The zero-order chi connectivity index (χ0) is 23.2. The molecule has 3 aromatic carbocycles. The summed E-state index contributed by atoms with van der Waals surface area (Å²) in [6.07, 6.45) is 1.12. The van der Waals surface area contributed by atoms with Gasteiger partial charge in [0.05, 0.1) is 26.7 Å². The topological polar surface area (TPSA) is 50.8 Å². The van der Waals surface area contributed by atoms with Gasteiger partial charge in [0.15, 0.2) is 11.5 Å². The molecule has 0 saturated carbocycles. The predicted molar refractivity (Wildman–Crippen MR) is 126 cm³/mol. The lowest BCUT2D eigenvalue weighted by Gasteiger charge is -2.38. The minimum Gasteiger partial charge on any atom is -0.493 e. The number of nitrogens with zero attached hydrogens (tertiary/aromatic N) is 1. The molecule has 0 saturated heterocycles. The second kappa shape index (κ2) is 10.5. The van der Waals surface area contributed by atoms with Crippen LogP contribution in [0.15, 0.2) is 66.7 Å². The van der Waals surface area contributed by atoms with Gasteiger partial charge in [-0.25, -0.2) is 4.39 Å². The minimum absolute atomic E-state index is 0.0420. The van der Waals surface area contributed by atoms with E-state index in [0.29, 0.717) is 36.6 Å². The number of carbonyl (C=O) groups excluding carboxylic acids is 1. The highest BCUT2D eigenvalue weighted by Crippen LogP contribution is 2.38. The number of nitrogens with one attached hydrogen (secondary N) is 1. The number of hydrogen-bond donors (Lipinski definition) is 1. The van der Waals surface area contributed by atoms with Crippen LogP contribution in [0.1, 0.15) is 28.3 Å². The second-order valence-electron chi connectivity index (χ2n) is 8.20. The molecule has 1 aliphatic heterocycles. The SMILES string of the molecule is COc1cc2c(cc1OC)[C@H](CNC(=O)Cc1ccccc1)N(Cc1ccccc1F)CC2. The Morgan fingerprint density at radius 2 is 1.73 bits per heavy atom. The Bertz CT molecular complexity index is 1100. The summed E-state index contributed by atoms with van der Waals surface area (Å²) in [5.74, 6) is 1.07. The Balaban J connectivity index is 1.59. The summed E-state index contributed by atoms with van der Waals surface area (Å²) >= 11 is 0. The van der Waals surface area contributed by atoms with Crippen LogP contribution in [0.4, 0.5) is 4.39 Å². The largest absolute Gasteiger partial charge is 0.493 e. The Morgan fingerprint density at radius 3 is 2.45 bits per heavy atom. The van der Waals surface area contributed by atoms with Gasteiger partial charge in [-0.3, -0.25) is 9.69 Å². The molecule has 0 spiro atoms. The molecule has 1 N–H and O–H groups in total. The molecule has 3 aromatic rings. The third-order valence-electron chi connectivity index (χ3n) is 6.14. The van der Waals surface area contributed by atoms with Crippen LogP contribution in [-0.2, 0) is 24.2 Å². The van der Waals surface area contributed by atoms with Gasteiger partial charge in [-0.15, -0.1) is 0 Å². The molecule has 0 unspecified atom stereocenters. The number of hydrogen-bond acceptors (Lipinski definition) is 4. The van der Waals surface area contributed by atoms with Crippen molar-refractivity contribution in [1.82, 2.24) is 10.2 Å². The fourth-order valence-corrected chi connectivity index (χ4v) is 4.41. The number of fused-ring (bicyclic) bond motifs is 1. The number of halogens is 1. The average Bonchev–Trinajstić information content (AvgIpc) is 2.84. The van der Waals surface area contributed by atoms with E-state index in [1.54, 1.807) is 20.3 Å². The number of methoxy groups -OCH3 is 2. The highest BCUT2D eigenvalue weighted by Gasteiger charge is 2.30. The van der Waals surface area contributed by atoms with Gasteiger partial charge in [-0.2, -0.15) is 0 Å². The van der Waals surface area contributed by atoms with E-state index in [4.69, 9.17) is 9.47 Å². The average molecular weight is 449 g/mol. The summed E-state index contributed by atoms with van der Waals surface area (Å²) in [4.78, 5) is 14.9. The summed E-state index contributed by atoms with van der Waals surface area (Å²) in [7, 11) is 3.24. The van der Waals surface area contributed by atoms with Crippen molar-refractivity contribution in [2.24, 2.45) is 0 Å². The lowest BCUT2D eigenvalue weighted by molar-refractivity contribution is -0.120. The maximum absolute atomic E-state index is 14.4. The van der Waals surface area contributed by atoms with Crippen LogP contribution >= 0.6 is 0 Å². The zero-order valence-electron chi connectivity index (χ0n) is 19.0. The van der Waals surface area contributed by atoms with Crippen molar-refractivity contribution < 1.29 is 18.7 Å². The van der Waals surface area contributed by atoms with Gasteiger partial charge in [0, 0.05) is 25.2 Å². The standard InChI is InChI=1S/C27H29FN2O3/c1-32-25-15-20-12-13-30(18-21-10-6-7-11-23(21)28)24(22(20)16-26(25)33-2)17-29-27(31)14-19-8-4-3-5-9-19/h3-11,15-16,24H,12-14,17-18H2,1-2H3,(H,29,31)/t24-/m0/s1. The fourth-order valence-electron chi connectivity index (χ4n) is 4.41. The Kier molecular flexibility index (Phi) is 7.25. The number of carbonyl (C=O) groups is 1. The Hall–Kier alpha value is -3.38. The van der Waals surface area contributed by atoms with E-state index >= 15 is 0 Å². The molecule has 0 aliphatic carbocycles. The minimum atomic E-state index is -0.220. The number of amides is 1. The van der Waals surface area contributed by atoms with E-state index in [1.807, 2.05) is 54.6 Å². The third-order valence-corrected chi connectivity index (χ3v) is 6.14. The Morgan fingerprint density at radius 1 is 1.03 bits per heavy atom. The van der Waals surface area contributed by atoms with Crippen LogP contribution in [0.5, 0.6) is 11.5 Å². The monoisotopic (exact) mass is 448 g/mol. The lowest BCUT2D eigenvalue weighted by atomic mass is 9.91. The van der Waals surface area contributed by atoms with Crippen LogP contribution in [0, 0.1) is 5.82 Å². The van der Waals surface area contributed by atoms with E-state index < -0.39 is 0 Å². The molecule has 5 nitrogen and oxygen atoms in total. The van der Waals surface area contributed by atoms with Gasteiger partial charge < -0.3 is 14.8 Å². The van der Waals surface area contributed by atoms with Crippen LogP contribution < -0.4 is 14.8 Å². The molecule has 1 atom stereocenters. The normalized spacial score (nSPS) is 15.5. The highest BCUT2D eigenvalue weighted by atomic mass is 19.1. The molecule has 1 aliphatic rings. The molecule has 0 bridgehead atoms. The maximum Gasteiger partial charge on any atom is 0.224 e. The van der Waals surface area contributed by atoms with Gasteiger partial charge >= 0.3 is 0 Å². The molecule has 6 heteroatoms. The molecule has 33 heavy (non-hydrogen) atoms. The molecule has 0 fully saturated rings. The molecule has 1 heterocycles. The highest BCUT2D eigenvalue weighted by molar-refractivity contribution is 5.78. The van der Waals surface area contributed by atoms with E-state index in [0.717, 1.165) is 29.7 Å². The molecule has 1 amide bonds. The van der Waals surface area contributed by atoms with Gasteiger partial charge in [0.25, 0.3) is 0 Å². The molecule has 0 radical (unpaired) electrons. The number of ether oxygens (including phenoxy) is 2. The smallest absolute Gasteiger partial charge is 0.224 e. The molecule has 4 rings (SSSR count). The van der Waals surface area contributed by atoms with Crippen molar-refractivity contribution in [3.8, 4) is 11.5 Å². The van der Waals surface area contributed by atoms with Crippen molar-refractivity contribution >= 4 is 5.91 Å². The predicted octanol–water partition coefficient (Wildman–Crippen LogP) is 4.30. The first kappa shape index (κ1) is 22.8.